The van der Waals surface area contributed by atoms with E-state index in [1.165, 1.54) is 31.5 Å². The van der Waals surface area contributed by atoms with E-state index in [0.717, 1.165) is 49.8 Å². The van der Waals surface area contributed by atoms with Crippen molar-refractivity contribution >= 4 is 5.96 Å². The molecular formula is C25H42N4O2. The Hall–Kier alpha value is -1.79. The van der Waals surface area contributed by atoms with Crippen molar-refractivity contribution in [2.75, 3.05) is 39.4 Å². The number of guanidine groups is 1. The molecule has 0 saturated carbocycles. The third kappa shape index (κ3) is 7.69. The van der Waals surface area contributed by atoms with Gasteiger partial charge in [0, 0.05) is 37.8 Å². The number of rotatable bonds is 9. The van der Waals surface area contributed by atoms with Crippen molar-refractivity contribution in [3.8, 4) is 5.75 Å². The van der Waals surface area contributed by atoms with Crippen LogP contribution in [0.1, 0.15) is 57.6 Å². The van der Waals surface area contributed by atoms with E-state index >= 15 is 0 Å². The van der Waals surface area contributed by atoms with Gasteiger partial charge in [0.2, 0.25) is 0 Å². The lowest BCUT2D eigenvalue weighted by Gasteiger charge is -2.35. The van der Waals surface area contributed by atoms with Crippen molar-refractivity contribution in [1.82, 2.24) is 15.5 Å². The number of benzene rings is 1. The molecule has 2 fully saturated rings. The Labute approximate surface area is 188 Å². The molecule has 0 aliphatic carbocycles. The van der Waals surface area contributed by atoms with Crippen LogP contribution in [-0.4, -0.2) is 62.4 Å². The number of aryl methyl sites for hydroxylation is 1. The summed E-state index contributed by atoms with van der Waals surface area (Å²) >= 11 is 0. The van der Waals surface area contributed by atoms with Gasteiger partial charge in [0.05, 0.1) is 12.6 Å². The van der Waals surface area contributed by atoms with Gasteiger partial charge < -0.3 is 25.0 Å². The van der Waals surface area contributed by atoms with Gasteiger partial charge in [-0.05, 0) is 77.5 Å². The maximum atomic E-state index is 6.14. The van der Waals surface area contributed by atoms with E-state index in [2.05, 4.69) is 61.4 Å². The number of aliphatic imine (C=N–C) groups is 1. The van der Waals surface area contributed by atoms with Crippen molar-refractivity contribution in [3.63, 3.8) is 0 Å². The van der Waals surface area contributed by atoms with E-state index in [1.807, 2.05) is 0 Å². The predicted octanol–water partition coefficient (Wildman–Crippen LogP) is 3.73. The van der Waals surface area contributed by atoms with Crippen LogP contribution in [0.2, 0.25) is 0 Å². The molecule has 0 aromatic heterocycles. The Balaban J connectivity index is 1.57. The first-order valence-corrected chi connectivity index (χ1v) is 12.1. The largest absolute Gasteiger partial charge is 0.491 e. The molecule has 3 rings (SSSR count). The summed E-state index contributed by atoms with van der Waals surface area (Å²) in [4.78, 5) is 7.45. The molecule has 2 N–H and O–H groups in total. The summed E-state index contributed by atoms with van der Waals surface area (Å²) in [6, 6.07) is 7.00. The van der Waals surface area contributed by atoms with Crippen LogP contribution in [-0.2, 0) is 11.3 Å². The molecule has 0 amide bonds. The fourth-order valence-electron chi connectivity index (χ4n) is 4.37. The molecule has 2 aliphatic rings. The molecule has 2 saturated heterocycles. The Kier molecular flexibility index (Phi) is 9.47. The highest BCUT2D eigenvalue weighted by Gasteiger charge is 2.21. The van der Waals surface area contributed by atoms with Gasteiger partial charge in [0.1, 0.15) is 12.4 Å². The van der Waals surface area contributed by atoms with E-state index in [9.17, 15) is 0 Å². The Morgan fingerprint density at radius 1 is 1.26 bits per heavy atom. The first kappa shape index (κ1) is 23.9. The van der Waals surface area contributed by atoms with Crippen molar-refractivity contribution in [3.05, 3.63) is 29.3 Å². The first-order chi connectivity index (χ1) is 15.0. The van der Waals surface area contributed by atoms with Crippen LogP contribution in [0.15, 0.2) is 23.2 Å². The van der Waals surface area contributed by atoms with Crippen LogP contribution in [0.3, 0.4) is 0 Å². The van der Waals surface area contributed by atoms with E-state index in [0.29, 0.717) is 25.1 Å². The number of hydrogen-bond donors (Lipinski definition) is 2. The van der Waals surface area contributed by atoms with Gasteiger partial charge >= 0.3 is 0 Å². The van der Waals surface area contributed by atoms with Gasteiger partial charge in [-0.15, -0.1) is 0 Å². The third-order valence-electron chi connectivity index (χ3n) is 6.26. The molecule has 2 unspecified atom stereocenters. The number of ether oxygens (including phenoxy) is 2. The summed E-state index contributed by atoms with van der Waals surface area (Å²) in [7, 11) is 0. The molecule has 2 aliphatic heterocycles. The standard InChI is InChI=1S/C25H42N4O2/c1-5-26-25(27-15-21-8-6-12-29(17-21)19(2)3)28-16-22-11-10-20(4)14-24(22)31-18-23-9-7-13-30-23/h10-11,14,19,21,23H,5-9,12-13,15-18H2,1-4H3,(H2,26,27,28). The molecular weight excluding hydrogens is 388 g/mol. The van der Waals surface area contributed by atoms with Gasteiger partial charge in [0.25, 0.3) is 0 Å². The van der Waals surface area contributed by atoms with Crippen LogP contribution in [0, 0.1) is 12.8 Å². The van der Waals surface area contributed by atoms with Crippen LogP contribution in [0.4, 0.5) is 0 Å². The third-order valence-corrected chi connectivity index (χ3v) is 6.26. The van der Waals surface area contributed by atoms with Crippen molar-refractivity contribution in [2.24, 2.45) is 10.9 Å². The van der Waals surface area contributed by atoms with Crippen LogP contribution >= 0.6 is 0 Å². The zero-order valence-electron chi connectivity index (χ0n) is 20.0. The monoisotopic (exact) mass is 430 g/mol. The zero-order valence-corrected chi connectivity index (χ0v) is 20.0. The van der Waals surface area contributed by atoms with Crippen molar-refractivity contribution in [2.45, 2.75) is 72.1 Å². The second kappa shape index (κ2) is 12.3. The van der Waals surface area contributed by atoms with Crippen LogP contribution in [0.25, 0.3) is 0 Å². The highest BCUT2D eigenvalue weighted by Crippen LogP contribution is 2.23. The smallest absolute Gasteiger partial charge is 0.191 e. The van der Waals surface area contributed by atoms with Crippen LogP contribution < -0.4 is 15.4 Å². The summed E-state index contributed by atoms with van der Waals surface area (Å²) in [6.45, 7) is 15.1. The minimum Gasteiger partial charge on any atom is -0.491 e. The minimum absolute atomic E-state index is 0.219. The lowest BCUT2D eigenvalue weighted by atomic mass is 9.97. The SMILES string of the molecule is CCNC(=NCc1ccc(C)cc1OCC1CCCO1)NCC1CCCN(C(C)C)C1. The topological polar surface area (TPSA) is 58.1 Å². The Morgan fingerprint density at radius 2 is 2.13 bits per heavy atom. The first-order valence-electron chi connectivity index (χ1n) is 12.1. The quantitative estimate of drug-likeness (QED) is 0.462. The lowest BCUT2D eigenvalue weighted by Crippen LogP contribution is -2.46. The molecule has 6 heteroatoms. The summed E-state index contributed by atoms with van der Waals surface area (Å²) in [5.74, 6) is 2.48. The Bertz CT molecular complexity index is 701. The number of nitrogens with one attached hydrogen (secondary N) is 2. The average molecular weight is 431 g/mol. The second-order valence-electron chi connectivity index (χ2n) is 9.23. The van der Waals surface area contributed by atoms with E-state index in [-0.39, 0.29) is 6.10 Å². The summed E-state index contributed by atoms with van der Waals surface area (Å²) in [6.07, 6.45) is 5.01. The fraction of sp³-hybridized carbons (Fsp3) is 0.720. The van der Waals surface area contributed by atoms with Gasteiger partial charge in [-0.1, -0.05) is 12.1 Å². The number of hydrogen-bond acceptors (Lipinski definition) is 4. The summed E-state index contributed by atoms with van der Waals surface area (Å²) in [5, 5.41) is 6.98. The van der Waals surface area contributed by atoms with Gasteiger partial charge in [-0.2, -0.15) is 0 Å². The number of nitrogens with zero attached hydrogens (tertiary/aromatic N) is 2. The van der Waals surface area contributed by atoms with E-state index in [4.69, 9.17) is 14.5 Å². The molecule has 1 aromatic rings. The zero-order chi connectivity index (χ0) is 22.1. The molecule has 0 radical (unpaired) electrons. The lowest BCUT2D eigenvalue weighted by molar-refractivity contribution is 0.0676. The minimum atomic E-state index is 0.219. The molecule has 2 atom stereocenters. The van der Waals surface area contributed by atoms with E-state index in [1.54, 1.807) is 0 Å². The molecule has 0 spiro atoms. The fourth-order valence-corrected chi connectivity index (χ4v) is 4.37. The molecule has 31 heavy (non-hydrogen) atoms. The molecule has 2 heterocycles. The maximum Gasteiger partial charge on any atom is 0.191 e. The Morgan fingerprint density at radius 3 is 2.87 bits per heavy atom. The van der Waals surface area contributed by atoms with Gasteiger partial charge in [-0.25, -0.2) is 4.99 Å². The predicted molar refractivity (Wildman–Crippen MR) is 128 cm³/mol. The second-order valence-corrected chi connectivity index (χ2v) is 9.23. The summed E-state index contributed by atoms with van der Waals surface area (Å²) < 4.78 is 11.9. The molecule has 174 valence electrons. The number of piperidine rings is 1. The number of likely N-dealkylation sites (tertiary alicyclic amines) is 1. The maximum absolute atomic E-state index is 6.14. The highest BCUT2D eigenvalue weighted by atomic mass is 16.5. The molecule has 1 aromatic carbocycles. The normalized spacial score (nSPS) is 22.7. The van der Waals surface area contributed by atoms with Crippen molar-refractivity contribution < 1.29 is 9.47 Å². The molecule has 6 nitrogen and oxygen atoms in total. The average Bonchev–Trinajstić information content (AvgIpc) is 3.29. The van der Waals surface area contributed by atoms with E-state index < -0.39 is 0 Å². The van der Waals surface area contributed by atoms with Crippen LogP contribution in [0.5, 0.6) is 5.75 Å². The van der Waals surface area contributed by atoms with Gasteiger partial charge in [0.15, 0.2) is 5.96 Å². The summed E-state index contributed by atoms with van der Waals surface area (Å²) in [5.41, 5.74) is 2.32. The van der Waals surface area contributed by atoms with Crippen molar-refractivity contribution in [1.29, 1.82) is 0 Å². The molecule has 0 bridgehead atoms. The van der Waals surface area contributed by atoms with Gasteiger partial charge in [-0.3, -0.25) is 0 Å². The highest BCUT2D eigenvalue weighted by molar-refractivity contribution is 5.79.